The second-order valence-corrected chi connectivity index (χ2v) is 6.81. The summed E-state index contributed by atoms with van der Waals surface area (Å²) in [6.07, 6.45) is 2.88. The van der Waals surface area contributed by atoms with Gasteiger partial charge in [0.05, 0.1) is 0 Å². The second-order valence-electron chi connectivity index (χ2n) is 6.81. The van der Waals surface area contributed by atoms with Crippen molar-refractivity contribution < 1.29 is 61.9 Å². The first-order chi connectivity index (χ1) is 17.9. The number of rotatable bonds is 18. The summed E-state index contributed by atoms with van der Waals surface area (Å²) in [6, 6.07) is 0. The van der Waals surface area contributed by atoms with E-state index in [4.69, 9.17) is 33.2 Å². The van der Waals surface area contributed by atoms with Crippen LogP contribution in [0.25, 0.3) is 0 Å². The predicted molar refractivity (Wildman–Crippen MR) is 128 cm³/mol. The first-order valence-corrected chi connectivity index (χ1v) is 10.5. The molecular formula is C25H28O13. The molecule has 0 bridgehead atoms. The van der Waals surface area contributed by atoms with E-state index in [9.17, 15) is 28.8 Å². The van der Waals surface area contributed by atoms with Crippen LogP contribution in [0.4, 0.5) is 0 Å². The Labute approximate surface area is 218 Å². The van der Waals surface area contributed by atoms with Gasteiger partial charge in [0.2, 0.25) is 0 Å². The molecule has 0 aromatic carbocycles. The SMILES string of the molecule is C=CC(=O)OCC(COCC(OC(=O)C=C)(OC(=O)C=C)C(C)OC(=O)C=C)(OC(=O)C=C)OC(=O)C=C. The van der Waals surface area contributed by atoms with Gasteiger partial charge in [0, 0.05) is 36.5 Å². The molecule has 0 spiro atoms. The maximum atomic E-state index is 12.1. The van der Waals surface area contributed by atoms with E-state index in [2.05, 4.69) is 39.5 Å². The predicted octanol–water partition coefficient (Wildman–Crippen LogP) is 1.16. The van der Waals surface area contributed by atoms with Crippen molar-refractivity contribution in [3.63, 3.8) is 0 Å². The molecule has 13 nitrogen and oxygen atoms in total. The molecule has 206 valence electrons. The zero-order valence-corrected chi connectivity index (χ0v) is 20.7. The van der Waals surface area contributed by atoms with Gasteiger partial charge in [-0.1, -0.05) is 39.5 Å². The lowest BCUT2D eigenvalue weighted by molar-refractivity contribution is -0.290. The zero-order valence-electron chi connectivity index (χ0n) is 20.7. The fourth-order valence-electron chi connectivity index (χ4n) is 2.32. The molecule has 0 radical (unpaired) electrons. The van der Waals surface area contributed by atoms with Gasteiger partial charge >= 0.3 is 47.4 Å². The van der Waals surface area contributed by atoms with Crippen LogP contribution >= 0.6 is 0 Å². The Morgan fingerprint density at radius 3 is 1.37 bits per heavy atom. The minimum atomic E-state index is -2.48. The summed E-state index contributed by atoms with van der Waals surface area (Å²) in [5, 5.41) is 0. The van der Waals surface area contributed by atoms with Crippen molar-refractivity contribution in [2.45, 2.75) is 24.6 Å². The summed E-state index contributed by atoms with van der Waals surface area (Å²) in [4.78, 5) is 71.6. The molecule has 0 aliphatic heterocycles. The fourth-order valence-corrected chi connectivity index (χ4v) is 2.32. The van der Waals surface area contributed by atoms with Gasteiger partial charge in [0.25, 0.3) is 0 Å². The highest BCUT2D eigenvalue weighted by Gasteiger charge is 2.49. The standard InChI is InChI=1S/C25H28O13/c1-8-18(26)33-15-24(35-20(28)10-3,36-21(29)11-4)14-32-16-25(37-22(30)12-5,38-23(31)13-6)17(7)34-19(27)9-2/h8-13,17H,1-6,14-16H2,7H3. The van der Waals surface area contributed by atoms with Crippen molar-refractivity contribution in [2.24, 2.45) is 0 Å². The fraction of sp³-hybridized carbons (Fsp3) is 0.280. The van der Waals surface area contributed by atoms with Crippen LogP contribution in [0.2, 0.25) is 0 Å². The van der Waals surface area contributed by atoms with Gasteiger partial charge in [-0.2, -0.15) is 0 Å². The second kappa shape index (κ2) is 16.1. The third kappa shape index (κ3) is 10.9. The summed E-state index contributed by atoms with van der Waals surface area (Å²) in [6.45, 7) is 17.8. The molecule has 0 heterocycles. The van der Waals surface area contributed by atoms with E-state index < -0.39 is 73.3 Å². The van der Waals surface area contributed by atoms with Gasteiger partial charge in [-0.05, 0) is 6.92 Å². The van der Waals surface area contributed by atoms with Gasteiger partial charge in [0.1, 0.15) is 13.2 Å². The normalized spacial score (nSPS) is 11.3. The molecule has 0 saturated carbocycles. The molecule has 0 saturated heterocycles. The molecule has 0 aliphatic carbocycles. The average molecular weight is 536 g/mol. The first-order valence-electron chi connectivity index (χ1n) is 10.5. The number of hydrogen-bond donors (Lipinski definition) is 0. The highest BCUT2D eigenvalue weighted by atomic mass is 16.8. The maximum absolute atomic E-state index is 12.1. The minimum Gasteiger partial charge on any atom is -0.454 e. The zero-order chi connectivity index (χ0) is 29.4. The van der Waals surface area contributed by atoms with E-state index in [1.54, 1.807) is 0 Å². The number of carbonyl (C=O) groups is 6. The Bertz CT molecular complexity index is 947. The van der Waals surface area contributed by atoms with Crippen LogP contribution < -0.4 is 0 Å². The smallest absolute Gasteiger partial charge is 0.333 e. The monoisotopic (exact) mass is 536 g/mol. The Kier molecular flexibility index (Phi) is 14.0. The van der Waals surface area contributed by atoms with Crippen LogP contribution in [0.3, 0.4) is 0 Å². The van der Waals surface area contributed by atoms with Crippen molar-refractivity contribution in [1.29, 1.82) is 0 Å². The summed E-state index contributed by atoms with van der Waals surface area (Å²) >= 11 is 0. The molecule has 0 fully saturated rings. The van der Waals surface area contributed by atoms with E-state index in [0.29, 0.717) is 12.2 Å². The van der Waals surface area contributed by atoms with Crippen LogP contribution in [-0.4, -0.2) is 73.3 Å². The third-order valence-corrected chi connectivity index (χ3v) is 4.09. The van der Waals surface area contributed by atoms with E-state index in [1.807, 2.05) is 0 Å². The number of carbonyl (C=O) groups excluding carboxylic acids is 6. The van der Waals surface area contributed by atoms with Crippen molar-refractivity contribution in [3.05, 3.63) is 75.9 Å². The molecule has 0 aromatic rings. The van der Waals surface area contributed by atoms with Gasteiger partial charge in [-0.25, -0.2) is 28.8 Å². The molecule has 38 heavy (non-hydrogen) atoms. The van der Waals surface area contributed by atoms with Gasteiger partial charge in [-0.15, -0.1) is 0 Å². The molecule has 1 atom stereocenters. The topological polar surface area (TPSA) is 167 Å². The third-order valence-electron chi connectivity index (χ3n) is 4.09. The molecule has 0 aliphatic rings. The molecule has 0 aromatic heterocycles. The van der Waals surface area contributed by atoms with E-state index in [-0.39, 0.29) is 0 Å². The van der Waals surface area contributed by atoms with Crippen LogP contribution in [0.5, 0.6) is 0 Å². The Morgan fingerprint density at radius 1 is 0.579 bits per heavy atom. The Balaban J connectivity index is 6.46. The number of hydrogen-bond acceptors (Lipinski definition) is 13. The van der Waals surface area contributed by atoms with Gasteiger partial charge in [-0.3, -0.25) is 0 Å². The van der Waals surface area contributed by atoms with Crippen LogP contribution in [0.1, 0.15) is 6.92 Å². The summed E-state index contributed by atoms with van der Waals surface area (Å²) in [7, 11) is 0. The minimum absolute atomic E-state index is 0.713. The van der Waals surface area contributed by atoms with Crippen LogP contribution in [-0.2, 0) is 61.9 Å². The number of ether oxygens (including phenoxy) is 7. The molecule has 0 rings (SSSR count). The Morgan fingerprint density at radius 2 is 0.974 bits per heavy atom. The molecule has 0 N–H and O–H groups in total. The highest BCUT2D eigenvalue weighted by Crippen LogP contribution is 2.26. The molecular weight excluding hydrogens is 508 g/mol. The van der Waals surface area contributed by atoms with Crippen molar-refractivity contribution in [2.75, 3.05) is 19.8 Å². The number of esters is 6. The summed E-state index contributed by atoms with van der Waals surface area (Å²) in [5.41, 5.74) is 0. The average Bonchev–Trinajstić information content (AvgIpc) is 2.90. The lowest BCUT2D eigenvalue weighted by Crippen LogP contribution is -2.55. The lowest BCUT2D eigenvalue weighted by atomic mass is 10.1. The first kappa shape index (κ1) is 33.2. The highest BCUT2D eigenvalue weighted by molar-refractivity contribution is 5.85. The summed E-state index contributed by atoms with van der Waals surface area (Å²) < 4.78 is 35.9. The summed E-state index contributed by atoms with van der Waals surface area (Å²) in [5.74, 6) is -11.4. The van der Waals surface area contributed by atoms with Crippen LogP contribution in [0.15, 0.2) is 75.9 Å². The van der Waals surface area contributed by atoms with Gasteiger partial charge < -0.3 is 33.2 Å². The van der Waals surface area contributed by atoms with Crippen molar-refractivity contribution in [1.82, 2.24) is 0 Å². The largest absolute Gasteiger partial charge is 0.454 e. The van der Waals surface area contributed by atoms with Crippen molar-refractivity contribution >= 4 is 35.8 Å². The lowest BCUT2D eigenvalue weighted by Gasteiger charge is -2.37. The molecule has 13 heteroatoms. The maximum Gasteiger partial charge on any atom is 0.333 e. The Hall–Kier alpha value is -4.78. The van der Waals surface area contributed by atoms with Gasteiger partial charge in [0.15, 0.2) is 12.7 Å². The van der Waals surface area contributed by atoms with E-state index >= 15 is 0 Å². The molecule has 1 unspecified atom stereocenters. The van der Waals surface area contributed by atoms with E-state index in [0.717, 1.165) is 24.3 Å². The quantitative estimate of drug-likeness (QED) is 0.106. The van der Waals surface area contributed by atoms with Crippen molar-refractivity contribution in [3.8, 4) is 0 Å². The molecule has 0 amide bonds. The van der Waals surface area contributed by atoms with Crippen LogP contribution in [0, 0.1) is 0 Å². The van der Waals surface area contributed by atoms with E-state index in [1.165, 1.54) is 6.92 Å².